The molecule has 2 nitrogen and oxygen atoms in total. The summed E-state index contributed by atoms with van der Waals surface area (Å²) < 4.78 is 37.3. The van der Waals surface area contributed by atoms with E-state index in [1.54, 1.807) is 6.07 Å². The number of alkyl halides is 3. The van der Waals surface area contributed by atoms with Gasteiger partial charge in [0.05, 0.1) is 16.1 Å². The molecular formula is C8H4ClF3N2. The number of rotatable bonds is 0. The van der Waals surface area contributed by atoms with E-state index >= 15 is 0 Å². The summed E-state index contributed by atoms with van der Waals surface area (Å²) in [6.45, 7) is 0. The summed E-state index contributed by atoms with van der Waals surface area (Å²) >= 11 is 5.65. The summed E-state index contributed by atoms with van der Waals surface area (Å²) in [6.07, 6.45) is -3.77. The maximum atomic E-state index is 12.4. The zero-order chi connectivity index (χ0) is 10.3. The van der Waals surface area contributed by atoms with Gasteiger partial charge in [-0.15, -0.1) is 13.2 Å². The van der Waals surface area contributed by atoms with Crippen LogP contribution in [-0.2, 0) is 6.30 Å². The Bertz CT molecular complexity index is 475. The number of nitrogens with zero attached hydrogens (tertiary/aromatic N) is 2. The molecule has 6 heteroatoms. The van der Waals surface area contributed by atoms with Crippen LogP contribution in [0.15, 0.2) is 24.5 Å². The largest absolute Gasteiger partial charge is 0.490 e. The van der Waals surface area contributed by atoms with Crippen LogP contribution in [0.25, 0.3) is 11.0 Å². The van der Waals surface area contributed by atoms with Crippen molar-refractivity contribution in [3.8, 4) is 0 Å². The molecule has 0 atom stereocenters. The number of fused-ring (bicyclic) bond motifs is 1. The first kappa shape index (κ1) is 9.33. The minimum Gasteiger partial charge on any atom is -0.239 e. The predicted octanol–water partition coefficient (Wildman–Crippen LogP) is 3.17. The van der Waals surface area contributed by atoms with E-state index < -0.39 is 6.30 Å². The number of hydrogen-bond acceptors (Lipinski definition) is 1. The standard InChI is InChI=1S/C8H4ClF3N2/c9-5-2-1-3-6-7(5)14(4-13-6)8(10,11)12/h1-4H. The molecule has 2 aromatic rings. The quantitative estimate of drug-likeness (QED) is 0.667. The smallest absolute Gasteiger partial charge is 0.239 e. The van der Waals surface area contributed by atoms with Gasteiger partial charge in [0.2, 0.25) is 0 Å². The lowest BCUT2D eigenvalue weighted by Crippen LogP contribution is -2.15. The number of aromatic nitrogens is 2. The molecule has 0 saturated carbocycles. The van der Waals surface area contributed by atoms with E-state index in [1.165, 1.54) is 12.1 Å². The van der Waals surface area contributed by atoms with Crippen molar-refractivity contribution < 1.29 is 13.2 Å². The van der Waals surface area contributed by atoms with Crippen LogP contribution in [-0.4, -0.2) is 9.55 Å². The van der Waals surface area contributed by atoms with Gasteiger partial charge in [0, 0.05) is 0 Å². The number of para-hydroxylation sites is 1. The second kappa shape index (κ2) is 2.88. The maximum absolute atomic E-state index is 12.4. The second-order valence-electron chi connectivity index (χ2n) is 2.69. The predicted molar refractivity (Wildman–Crippen MR) is 46.0 cm³/mol. The summed E-state index contributed by atoms with van der Waals surface area (Å²) in [7, 11) is 0. The van der Waals surface area contributed by atoms with E-state index in [9.17, 15) is 13.2 Å². The summed E-state index contributed by atoms with van der Waals surface area (Å²) in [6, 6.07) is 4.43. The monoisotopic (exact) mass is 220 g/mol. The van der Waals surface area contributed by atoms with E-state index in [0.29, 0.717) is 0 Å². The zero-order valence-corrected chi connectivity index (χ0v) is 7.47. The van der Waals surface area contributed by atoms with Gasteiger partial charge in [-0.2, -0.15) is 0 Å². The highest BCUT2D eigenvalue weighted by Crippen LogP contribution is 2.30. The highest BCUT2D eigenvalue weighted by Gasteiger charge is 2.32. The third kappa shape index (κ3) is 1.33. The fraction of sp³-hybridized carbons (Fsp3) is 0.125. The highest BCUT2D eigenvalue weighted by atomic mass is 35.5. The maximum Gasteiger partial charge on any atom is 0.490 e. The Hall–Kier alpha value is -1.23. The molecule has 0 bridgehead atoms. The molecule has 0 unspecified atom stereocenters. The molecule has 2 rings (SSSR count). The Kier molecular flexibility index (Phi) is 1.92. The molecule has 1 aromatic carbocycles. The molecule has 0 spiro atoms. The van der Waals surface area contributed by atoms with Crippen molar-refractivity contribution in [2.24, 2.45) is 0 Å². The third-order valence-electron chi connectivity index (χ3n) is 1.79. The van der Waals surface area contributed by atoms with Crippen molar-refractivity contribution in [2.45, 2.75) is 6.30 Å². The Morgan fingerprint density at radius 2 is 2.00 bits per heavy atom. The van der Waals surface area contributed by atoms with Crippen molar-refractivity contribution in [1.82, 2.24) is 9.55 Å². The molecule has 1 heterocycles. The van der Waals surface area contributed by atoms with Gasteiger partial charge in [-0.3, -0.25) is 0 Å². The van der Waals surface area contributed by atoms with Crippen molar-refractivity contribution in [3.63, 3.8) is 0 Å². The molecule has 0 radical (unpaired) electrons. The van der Waals surface area contributed by atoms with Crippen LogP contribution in [0.2, 0.25) is 5.02 Å². The van der Waals surface area contributed by atoms with E-state index in [1.807, 2.05) is 0 Å². The first-order valence-corrected chi connectivity index (χ1v) is 4.07. The van der Waals surface area contributed by atoms with Crippen LogP contribution >= 0.6 is 11.6 Å². The normalized spacial score (nSPS) is 12.3. The molecule has 0 aliphatic heterocycles. The van der Waals surface area contributed by atoms with E-state index in [0.717, 1.165) is 6.33 Å². The zero-order valence-electron chi connectivity index (χ0n) is 6.72. The summed E-state index contributed by atoms with van der Waals surface area (Å²) in [4.78, 5) is 3.60. The Balaban J connectivity index is 2.80. The van der Waals surface area contributed by atoms with Crippen molar-refractivity contribution in [1.29, 1.82) is 0 Å². The van der Waals surface area contributed by atoms with Gasteiger partial charge in [0.15, 0.2) is 0 Å². The van der Waals surface area contributed by atoms with E-state index in [4.69, 9.17) is 11.6 Å². The average Bonchev–Trinajstić information content (AvgIpc) is 2.47. The molecule has 0 aliphatic rings. The molecule has 0 amide bonds. The van der Waals surface area contributed by atoms with Gasteiger partial charge in [-0.1, -0.05) is 17.7 Å². The topological polar surface area (TPSA) is 17.8 Å². The molecule has 0 fully saturated rings. The summed E-state index contributed by atoms with van der Waals surface area (Å²) in [5.74, 6) is 0. The van der Waals surface area contributed by atoms with Crippen LogP contribution in [0.3, 0.4) is 0 Å². The summed E-state index contributed by atoms with van der Waals surface area (Å²) in [5, 5.41) is 0.0392. The highest BCUT2D eigenvalue weighted by molar-refractivity contribution is 6.34. The van der Waals surface area contributed by atoms with Crippen molar-refractivity contribution in [3.05, 3.63) is 29.5 Å². The van der Waals surface area contributed by atoms with E-state index in [-0.39, 0.29) is 20.6 Å². The van der Waals surface area contributed by atoms with Crippen molar-refractivity contribution >= 4 is 22.6 Å². The number of hydrogen-bond donors (Lipinski definition) is 0. The lowest BCUT2D eigenvalue weighted by Gasteiger charge is -2.08. The Morgan fingerprint density at radius 3 is 2.64 bits per heavy atom. The Labute approximate surface area is 81.9 Å². The van der Waals surface area contributed by atoms with Crippen LogP contribution in [0.4, 0.5) is 13.2 Å². The van der Waals surface area contributed by atoms with Crippen molar-refractivity contribution in [2.75, 3.05) is 0 Å². The minimum absolute atomic E-state index is 0.0392. The molecule has 0 saturated heterocycles. The van der Waals surface area contributed by atoms with Gasteiger partial charge in [0.25, 0.3) is 0 Å². The molecule has 0 N–H and O–H groups in total. The summed E-state index contributed by atoms with van der Waals surface area (Å²) in [5.41, 5.74) is 0.122. The third-order valence-corrected chi connectivity index (χ3v) is 2.10. The minimum atomic E-state index is -4.49. The molecular weight excluding hydrogens is 217 g/mol. The molecule has 14 heavy (non-hydrogen) atoms. The average molecular weight is 221 g/mol. The number of imidazole rings is 1. The second-order valence-corrected chi connectivity index (χ2v) is 3.10. The first-order valence-electron chi connectivity index (χ1n) is 3.69. The van der Waals surface area contributed by atoms with Crippen LogP contribution in [0.5, 0.6) is 0 Å². The van der Waals surface area contributed by atoms with Crippen LogP contribution in [0.1, 0.15) is 0 Å². The van der Waals surface area contributed by atoms with E-state index in [2.05, 4.69) is 4.98 Å². The molecule has 74 valence electrons. The van der Waals surface area contributed by atoms with Gasteiger partial charge in [-0.05, 0) is 12.1 Å². The Morgan fingerprint density at radius 1 is 1.29 bits per heavy atom. The number of halogens is 4. The van der Waals surface area contributed by atoms with Gasteiger partial charge in [0.1, 0.15) is 6.33 Å². The lowest BCUT2D eigenvalue weighted by molar-refractivity contribution is -0.201. The first-order chi connectivity index (χ1) is 6.50. The molecule has 0 aliphatic carbocycles. The van der Waals surface area contributed by atoms with Gasteiger partial charge < -0.3 is 0 Å². The fourth-order valence-electron chi connectivity index (χ4n) is 1.22. The lowest BCUT2D eigenvalue weighted by atomic mass is 10.3. The fourth-order valence-corrected chi connectivity index (χ4v) is 1.48. The SMILES string of the molecule is FC(F)(F)n1cnc2cccc(Cl)c21. The number of benzene rings is 1. The van der Waals surface area contributed by atoms with Gasteiger partial charge >= 0.3 is 6.30 Å². The molecule has 1 aromatic heterocycles. The van der Waals surface area contributed by atoms with Crippen LogP contribution in [0, 0.1) is 0 Å². The van der Waals surface area contributed by atoms with Crippen LogP contribution < -0.4 is 0 Å². The van der Waals surface area contributed by atoms with Gasteiger partial charge in [-0.25, -0.2) is 9.55 Å².